The average Bonchev–Trinajstić information content (AvgIpc) is 1.82. The smallest absolute Gasteiger partial charge is 0.333 e. The Morgan fingerprint density at radius 3 is 2.17 bits per heavy atom. The van der Waals surface area contributed by atoms with Gasteiger partial charge in [0.15, 0.2) is 0 Å². The van der Waals surface area contributed by atoms with Gasteiger partial charge in [0, 0.05) is 0 Å². The Bertz CT molecular complexity index is 188. The van der Waals surface area contributed by atoms with Crippen LogP contribution in [0.25, 0.3) is 0 Å². The summed E-state index contributed by atoms with van der Waals surface area (Å²) >= 11 is 0. The van der Waals surface area contributed by atoms with Crippen molar-refractivity contribution in [3.63, 3.8) is 0 Å². The lowest BCUT2D eigenvalue weighted by Gasteiger charge is -2.24. The molecule has 1 unspecified atom stereocenters. The maximum Gasteiger partial charge on any atom is 0.333 e. The SMILES string of the molecule is C=C(C(=O)O)C(C)OC(C)(C)C. The molecule has 0 aliphatic rings. The zero-order valence-corrected chi connectivity index (χ0v) is 8.05. The highest BCUT2D eigenvalue weighted by Crippen LogP contribution is 2.14. The Labute approximate surface area is 73.0 Å². The van der Waals surface area contributed by atoms with Crippen LogP contribution in [0.2, 0.25) is 0 Å². The van der Waals surface area contributed by atoms with Gasteiger partial charge in [-0.3, -0.25) is 0 Å². The Morgan fingerprint density at radius 1 is 1.50 bits per heavy atom. The lowest BCUT2D eigenvalue weighted by molar-refractivity contribution is -0.135. The molecule has 12 heavy (non-hydrogen) atoms. The molecule has 0 aliphatic carbocycles. The van der Waals surface area contributed by atoms with Crippen LogP contribution in [0.15, 0.2) is 12.2 Å². The number of hydrogen-bond donors (Lipinski definition) is 1. The Balaban J connectivity index is 4.14. The van der Waals surface area contributed by atoms with Crippen molar-refractivity contribution in [2.75, 3.05) is 0 Å². The first-order valence-electron chi connectivity index (χ1n) is 3.84. The molecule has 0 radical (unpaired) electrons. The number of carbonyl (C=O) groups is 1. The van der Waals surface area contributed by atoms with Gasteiger partial charge in [-0.1, -0.05) is 6.58 Å². The minimum atomic E-state index is -1.01. The maximum absolute atomic E-state index is 10.4. The molecule has 0 rings (SSSR count). The van der Waals surface area contributed by atoms with Crippen molar-refractivity contribution in [3.8, 4) is 0 Å². The van der Waals surface area contributed by atoms with Crippen molar-refractivity contribution >= 4 is 5.97 Å². The molecule has 0 amide bonds. The zero-order chi connectivity index (χ0) is 9.94. The molecule has 3 heteroatoms. The molecule has 0 heterocycles. The largest absolute Gasteiger partial charge is 0.478 e. The minimum absolute atomic E-state index is 0.0879. The third-order valence-electron chi connectivity index (χ3n) is 1.30. The normalized spacial score (nSPS) is 14.0. The quantitative estimate of drug-likeness (QED) is 0.660. The first-order valence-corrected chi connectivity index (χ1v) is 3.84. The standard InChI is InChI=1S/C9H16O3/c1-6(8(10)11)7(2)12-9(3,4)5/h7H,1H2,2-5H3,(H,10,11). The third-order valence-corrected chi connectivity index (χ3v) is 1.30. The number of aliphatic carboxylic acids is 1. The highest BCUT2D eigenvalue weighted by Gasteiger charge is 2.20. The average molecular weight is 172 g/mol. The van der Waals surface area contributed by atoms with Gasteiger partial charge in [-0.15, -0.1) is 0 Å². The van der Waals surface area contributed by atoms with E-state index in [4.69, 9.17) is 9.84 Å². The molecule has 1 N–H and O–H groups in total. The highest BCUT2D eigenvalue weighted by molar-refractivity contribution is 5.86. The molecular weight excluding hydrogens is 156 g/mol. The van der Waals surface area contributed by atoms with Gasteiger partial charge in [0.25, 0.3) is 0 Å². The van der Waals surface area contributed by atoms with Crippen molar-refractivity contribution in [2.24, 2.45) is 0 Å². The summed E-state index contributed by atoms with van der Waals surface area (Å²) in [6.45, 7) is 10.7. The minimum Gasteiger partial charge on any atom is -0.478 e. The summed E-state index contributed by atoms with van der Waals surface area (Å²) in [5.74, 6) is -1.01. The van der Waals surface area contributed by atoms with E-state index < -0.39 is 12.1 Å². The van der Waals surface area contributed by atoms with Gasteiger partial charge in [0.05, 0.1) is 17.3 Å². The molecule has 0 bridgehead atoms. The number of carboxylic acids is 1. The lowest BCUT2D eigenvalue weighted by Crippen LogP contribution is -2.28. The van der Waals surface area contributed by atoms with E-state index in [1.165, 1.54) is 0 Å². The molecular formula is C9H16O3. The summed E-state index contributed by atoms with van der Waals surface area (Å²) in [4.78, 5) is 10.4. The predicted molar refractivity (Wildman–Crippen MR) is 47.1 cm³/mol. The molecule has 0 aromatic carbocycles. The fraction of sp³-hybridized carbons (Fsp3) is 0.667. The van der Waals surface area contributed by atoms with Gasteiger partial charge in [0.1, 0.15) is 0 Å². The summed E-state index contributed by atoms with van der Waals surface area (Å²) in [6.07, 6.45) is -0.442. The lowest BCUT2D eigenvalue weighted by atomic mass is 10.1. The molecule has 0 saturated heterocycles. The fourth-order valence-electron chi connectivity index (χ4n) is 0.775. The van der Waals surface area contributed by atoms with Crippen LogP contribution in [-0.4, -0.2) is 22.8 Å². The van der Waals surface area contributed by atoms with E-state index in [-0.39, 0.29) is 11.2 Å². The van der Waals surface area contributed by atoms with Gasteiger partial charge in [0.2, 0.25) is 0 Å². The zero-order valence-electron chi connectivity index (χ0n) is 8.05. The Morgan fingerprint density at radius 2 is 1.92 bits per heavy atom. The topological polar surface area (TPSA) is 46.5 Å². The van der Waals surface area contributed by atoms with Crippen LogP contribution in [0.1, 0.15) is 27.7 Å². The highest BCUT2D eigenvalue weighted by atomic mass is 16.5. The molecule has 1 atom stereocenters. The monoisotopic (exact) mass is 172 g/mol. The first kappa shape index (κ1) is 11.2. The second-order valence-electron chi connectivity index (χ2n) is 3.70. The number of ether oxygens (including phenoxy) is 1. The molecule has 0 saturated carbocycles. The molecule has 0 aromatic rings. The molecule has 0 spiro atoms. The number of hydrogen-bond acceptors (Lipinski definition) is 2. The summed E-state index contributed by atoms with van der Waals surface area (Å²) in [5, 5.41) is 8.57. The van der Waals surface area contributed by atoms with Crippen molar-refractivity contribution < 1.29 is 14.6 Å². The molecule has 0 aromatic heterocycles. The van der Waals surface area contributed by atoms with Crippen LogP contribution in [0.5, 0.6) is 0 Å². The van der Waals surface area contributed by atoms with E-state index in [9.17, 15) is 4.79 Å². The second kappa shape index (κ2) is 3.72. The van der Waals surface area contributed by atoms with Crippen LogP contribution >= 0.6 is 0 Å². The van der Waals surface area contributed by atoms with Gasteiger partial charge in [-0.2, -0.15) is 0 Å². The van der Waals surface area contributed by atoms with Crippen molar-refractivity contribution in [2.45, 2.75) is 39.4 Å². The van der Waals surface area contributed by atoms with Gasteiger partial charge in [-0.05, 0) is 27.7 Å². The van der Waals surface area contributed by atoms with Gasteiger partial charge in [-0.25, -0.2) is 4.79 Å². The Kier molecular flexibility index (Phi) is 3.46. The summed E-state index contributed by atoms with van der Waals surface area (Å²) in [7, 11) is 0. The van der Waals surface area contributed by atoms with Crippen LogP contribution < -0.4 is 0 Å². The third kappa shape index (κ3) is 4.13. The van der Waals surface area contributed by atoms with Crippen LogP contribution in [0.3, 0.4) is 0 Å². The van der Waals surface area contributed by atoms with Crippen molar-refractivity contribution in [1.82, 2.24) is 0 Å². The predicted octanol–water partition coefficient (Wildman–Crippen LogP) is 1.83. The number of carboxylic acid groups (broad SMARTS) is 1. The van der Waals surface area contributed by atoms with Crippen LogP contribution in [0, 0.1) is 0 Å². The summed E-state index contributed by atoms with van der Waals surface area (Å²) in [6, 6.07) is 0. The maximum atomic E-state index is 10.4. The molecule has 3 nitrogen and oxygen atoms in total. The second-order valence-corrected chi connectivity index (χ2v) is 3.70. The van der Waals surface area contributed by atoms with E-state index in [0.717, 1.165) is 0 Å². The van der Waals surface area contributed by atoms with E-state index in [1.54, 1.807) is 6.92 Å². The molecule has 0 fully saturated rings. The molecule has 70 valence electrons. The van der Waals surface area contributed by atoms with E-state index >= 15 is 0 Å². The van der Waals surface area contributed by atoms with Gasteiger partial charge >= 0.3 is 5.97 Å². The van der Waals surface area contributed by atoms with E-state index in [0.29, 0.717) is 0 Å². The number of rotatable bonds is 3. The van der Waals surface area contributed by atoms with E-state index in [1.807, 2.05) is 20.8 Å². The van der Waals surface area contributed by atoms with Crippen molar-refractivity contribution in [3.05, 3.63) is 12.2 Å². The first-order chi connectivity index (χ1) is 5.24. The van der Waals surface area contributed by atoms with Crippen LogP contribution in [0.4, 0.5) is 0 Å². The van der Waals surface area contributed by atoms with Crippen LogP contribution in [-0.2, 0) is 9.53 Å². The van der Waals surface area contributed by atoms with Crippen molar-refractivity contribution in [1.29, 1.82) is 0 Å². The summed E-state index contributed by atoms with van der Waals surface area (Å²) in [5.41, 5.74) is -0.248. The molecule has 0 aliphatic heterocycles. The Hall–Kier alpha value is -0.830. The fourth-order valence-corrected chi connectivity index (χ4v) is 0.775. The van der Waals surface area contributed by atoms with Gasteiger partial charge < -0.3 is 9.84 Å². The van der Waals surface area contributed by atoms with E-state index in [2.05, 4.69) is 6.58 Å². The summed E-state index contributed by atoms with van der Waals surface area (Å²) < 4.78 is 5.38.